The van der Waals surface area contributed by atoms with Gasteiger partial charge in [0.25, 0.3) is 5.91 Å². The molecule has 0 fully saturated rings. The van der Waals surface area contributed by atoms with Crippen LogP contribution in [0.25, 0.3) is 5.69 Å². The lowest BCUT2D eigenvalue weighted by atomic mass is 10.1. The van der Waals surface area contributed by atoms with Crippen molar-refractivity contribution < 1.29 is 4.79 Å². The Balaban J connectivity index is 1.70. The van der Waals surface area contributed by atoms with Gasteiger partial charge in [0, 0.05) is 30.3 Å². The number of rotatable bonds is 4. The van der Waals surface area contributed by atoms with Crippen LogP contribution in [0.3, 0.4) is 0 Å². The SMILES string of the molecule is C[C@@H](NC(=O)c1ccc(=O)[nH]c1)c1ccc(-n2ccnc2)cc1. The molecule has 0 unspecified atom stereocenters. The molecule has 116 valence electrons. The Morgan fingerprint density at radius 1 is 1.22 bits per heavy atom. The van der Waals surface area contributed by atoms with Crippen molar-refractivity contribution >= 4 is 5.91 Å². The lowest BCUT2D eigenvalue weighted by molar-refractivity contribution is 0.0939. The number of carbonyl (C=O) groups excluding carboxylic acids is 1. The van der Waals surface area contributed by atoms with Gasteiger partial charge < -0.3 is 14.9 Å². The van der Waals surface area contributed by atoms with Crippen LogP contribution < -0.4 is 10.9 Å². The highest BCUT2D eigenvalue weighted by molar-refractivity contribution is 5.94. The molecule has 2 aromatic heterocycles. The van der Waals surface area contributed by atoms with Gasteiger partial charge in [-0.25, -0.2) is 4.98 Å². The van der Waals surface area contributed by atoms with E-state index in [4.69, 9.17) is 0 Å². The molecule has 3 aromatic rings. The number of pyridine rings is 1. The molecule has 3 rings (SSSR count). The van der Waals surface area contributed by atoms with Gasteiger partial charge in [0.1, 0.15) is 0 Å². The summed E-state index contributed by atoms with van der Waals surface area (Å²) in [4.78, 5) is 29.7. The summed E-state index contributed by atoms with van der Waals surface area (Å²) >= 11 is 0. The van der Waals surface area contributed by atoms with Crippen LogP contribution in [0, 0.1) is 0 Å². The first-order chi connectivity index (χ1) is 11.1. The normalized spacial score (nSPS) is 11.9. The van der Waals surface area contributed by atoms with E-state index in [1.807, 2.05) is 42.0 Å². The van der Waals surface area contributed by atoms with E-state index >= 15 is 0 Å². The summed E-state index contributed by atoms with van der Waals surface area (Å²) in [5.41, 5.74) is 2.19. The average Bonchev–Trinajstić information content (AvgIpc) is 3.10. The maximum Gasteiger partial charge on any atom is 0.253 e. The quantitative estimate of drug-likeness (QED) is 0.774. The molecule has 0 spiro atoms. The second-order valence-electron chi connectivity index (χ2n) is 5.20. The van der Waals surface area contributed by atoms with Crippen molar-refractivity contribution in [2.75, 3.05) is 0 Å². The van der Waals surface area contributed by atoms with Gasteiger partial charge in [-0.15, -0.1) is 0 Å². The molecule has 0 saturated heterocycles. The molecule has 1 amide bonds. The van der Waals surface area contributed by atoms with Gasteiger partial charge >= 0.3 is 0 Å². The first-order valence-corrected chi connectivity index (χ1v) is 7.21. The number of nitrogens with one attached hydrogen (secondary N) is 2. The van der Waals surface area contributed by atoms with Crippen LogP contribution in [-0.2, 0) is 0 Å². The topological polar surface area (TPSA) is 79.8 Å². The molecule has 0 aliphatic rings. The minimum Gasteiger partial charge on any atom is -0.345 e. The third kappa shape index (κ3) is 3.37. The zero-order valence-electron chi connectivity index (χ0n) is 12.6. The molecule has 0 radical (unpaired) electrons. The monoisotopic (exact) mass is 308 g/mol. The van der Waals surface area contributed by atoms with Gasteiger partial charge in [0.05, 0.1) is 17.9 Å². The summed E-state index contributed by atoms with van der Waals surface area (Å²) in [5, 5.41) is 2.91. The minimum atomic E-state index is -0.232. The van der Waals surface area contributed by atoms with Gasteiger partial charge in [0.2, 0.25) is 5.56 Å². The zero-order valence-corrected chi connectivity index (χ0v) is 12.6. The minimum absolute atomic E-state index is 0.147. The average molecular weight is 308 g/mol. The van der Waals surface area contributed by atoms with Crippen LogP contribution in [0.2, 0.25) is 0 Å². The summed E-state index contributed by atoms with van der Waals surface area (Å²) < 4.78 is 1.91. The Morgan fingerprint density at radius 3 is 2.61 bits per heavy atom. The standard InChI is InChI=1S/C17H16N4O2/c1-12(20-17(23)14-4-7-16(22)19-10-14)13-2-5-15(6-3-13)21-9-8-18-11-21/h2-12H,1H3,(H,19,22)(H,20,23)/t12-/m1/s1. The predicted octanol–water partition coefficient (Wildman–Crippen LogP) is 2.05. The molecule has 0 aliphatic carbocycles. The van der Waals surface area contributed by atoms with Crippen molar-refractivity contribution in [3.63, 3.8) is 0 Å². The summed E-state index contributed by atoms with van der Waals surface area (Å²) in [6.45, 7) is 1.91. The molecule has 1 aromatic carbocycles. The Kier molecular flexibility index (Phi) is 4.05. The molecule has 0 saturated carbocycles. The number of nitrogens with zero attached hydrogens (tertiary/aromatic N) is 2. The van der Waals surface area contributed by atoms with Crippen LogP contribution >= 0.6 is 0 Å². The number of aromatic nitrogens is 3. The molecule has 6 nitrogen and oxygen atoms in total. The van der Waals surface area contributed by atoms with Crippen LogP contribution in [-0.4, -0.2) is 20.4 Å². The Bertz CT molecular complexity index is 831. The number of aromatic amines is 1. The van der Waals surface area contributed by atoms with Gasteiger partial charge in [-0.2, -0.15) is 0 Å². The lowest BCUT2D eigenvalue weighted by Gasteiger charge is -2.15. The Hall–Kier alpha value is -3.15. The number of amides is 1. The zero-order chi connectivity index (χ0) is 16.2. The first-order valence-electron chi connectivity index (χ1n) is 7.21. The predicted molar refractivity (Wildman–Crippen MR) is 86.5 cm³/mol. The van der Waals surface area contributed by atoms with Crippen molar-refractivity contribution in [3.8, 4) is 5.69 Å². The molecule has 2 N–H and O–H groups in total. The van der Waals surface area contributed by atoms with Gasteiger partial charge in [-0.3, -0.25) is 9.59 Å². The van der Waals surface area contributed by atoms with E-state index < -0.39 is 0 Å². The van der Waals surface area contributed by atoms with E-state index in [1.165, 1.54) is 18.3 Å². The third-order valence-electron chi connectivity index (χ3n) is 3.59. The largest absolute Gasteiger partial charge is 0.345 e. The smallest absolute Gasteiger partial charge is 0.253 e. The molecule has 0 aliphatic heterocycles. The summed E-state index contributed by atoms with van der Waals surface area (Å²) in [7, 11) is 0. The van der Waals surface area contributed by atoms with Crippen LogP contribution in [0.15, 0.2) is 66.1 Å². The molecule has 23 heavy (non-hydrogen) atoms. The van der Waals surface area contributed by atoms with E-state index in [0.717, 1.165) is 11.3 Å². The Labute approximate surface area is 132 Å². The summed E-state index contributed by atoms with van der Waals surface area (Å²) in [6.07, 6.45) is 6.74. The fraction of sp³-hybridized carbons (Fsp3) is 0.118. The molecule has 0 bridgehead atoms. The number of H-pyrrole nitrogens is 1. The van der Waals surface area contributed by atoms with Gasteiger partial charge in [-0.05, 0) is 30.7 Å². The second-order valence-corrected chi connectivity index (χ2v) is 5.20. The fourth-order valence-electron chi connectivity index (χ4n) is 2.26. The summed E-state index contributed by atoms with van der Waals surface area (Å²) in [5.74, 6) is -0.229. The molecule has 2 heterocycles. The van der Waals surface area contributed by atoms with E-state index in [9.17, 15) is 9.59 Å². The van der Waals surface area contributed by atoms with Crippen LogP contribution in [0.5, 0.6) is 0 Å². The number of imidazole rings is 1. The van der Waals surface area contributed by atoms with Gasteiger partial charge in [0.15, 0.2) is 0 Å². The van der Waals surface area contributed by atoms with Crippen LogP contribution in [0.4, 0.5) is 0 Å². The van der Waals surface area contributed by atoms with Crippen molar-refractivity contribution in [1.29, 1.82) is 0 Å². The maximum absolute atomic E-state index is 12.1. The van der Waals surface area contributed by atoms with E-state index in [0.29, 0.717) is 5.56 Å². The Morgan fingerprint density at radius 2 is 2.00 bits per heavy atom. The number of benzene rings is 1. The van der Waals surface area contributed by atoms with Crippen molar-refractivity contribution in [3.05, 3.63) is 82.8 Å². The number of carbonyl (C=O) groups is 1. The highest BCUT2D eigenvalue weighted by atomic mass is 16.2. The van der Waals surface area contributed by atoms with E-state index in [1.54, 1.807) is 12.5 Å². The van der Waals surface area contributed by atoms with Gasteiger partial charge in [-0.1, -0.05) is 12.1 Å². The third-order valence-corrected chi connectivity index (χ3v) is 3.59. The maximum atomic E-state index is 12.1. The highest BCUT2D eigenvalue weighted by Gasteiger charge is 2.11. The van der Waals surface area contributed by atoms with Crippen molar-refractivity contribution in [2.24, 2.45) is 0 Å². The van der Waals surface area contributed by atoms with E-state index in [2.05, 4.69) is 15.3 Å². The second kappa shape index (κ2) is 6.31. The molecular weight excluding hydrogens is 292 g/mol. The van der Waals surface area contributed by atoms with Crippen molar-refractivity contribution in [1.82, 2.24) is 19.9 Å². The van der Waals surface area contributed by atoms with Crippen LogP contribution in [0.1, 0.15) is 28.9 Å². The van der Waals surface area contributed by atoms with E-state index in [-0.39, 0.29) is 17.5 Å². The fourth-order valence-corrected chi connectivity index (χ4v) is 2.26. The first kappa shape index (κ1) is 14.8. The molecular formula is C17H16N4O2. The molecule has 6 heteroatoms. The summed E-state index contributed by atoms with van der Waals surface area (Å²) in [6, 6.07) is 10.6. The lowest BCUT2D eigenvalue weighted by Crippen LogP contribution is -2.27. The number of hydrogen-bond acceptors (Lipinski definition) is 3. The highest BCUT2D eigenvalue weighted by Crippen LogP contribution is 2.16. The van der Waals surface area contributed by atoms with Crippen molar-refractivity contribution in [2.45, 2.75) is 13.0 Å². The number of hydrogen-bond donors (Lipinski definition) is 2. The molecule has 1 atom stereocenters.